The van der Waals surface area contributed by atoms with Crippen molar-refractivity contribution < 1.29 is 19.0 Å². The van der Waals surface area contributed by atoms with Gasteiger partial charge in [-0.3, -0.25) is 4.79 Å². The average Bonchev–Trinajstić information content (AvgIpc) is 2.75. The Morgan fingerprint density at radius 3 is 2.35 bits per heavy atom. The van der Waals surface area contributed by atoms with Gasteiger partial charge in [-0.05, 0) is 56.4 Å². The number of aromatic nitrogens is 2. The summed E-state index contributed by atoms with van der Waals surface area (Å²) in [5.41, 5.74) is 1.69. The number of methoxy groups -OCH3 is 2. The summed E-state index contributed by atoms with van der Waals surface area (Å²) in [5, 5.41) is 2.98. The SMILES string of the molecule is COC1CCN(c2ncc(Oc3ccc(NC(=O)C4CC(OC)C4)cc3C)cn2)CC1. The number of aryl methyl sites for hydroxylation is 1. The number of anilines is 2. The predicted octanol–water partition coefficient (Wildman–Crippen LogP) is 3.56. The van der Waals surface area contributed by atoms with Crippen LogP contribution in [0.2, 0.25) is 0 Å². The Labute approximate surface area is 182 Å². The van der Waals surface area contributed by atoms with E-state index in [1.54, 1.807) is 26.6 Å². The van der Waals surface area contributed by atoms with E-state index in [-0.39, 0.29) is 17.9 Å². The summed E-state index contributed by atoms with van der Waals surface area (Å²) in [6.07, 6.45) is 7.45. The lowest BCUT2D eigenvalue weighted by atomic mass is 9.81. The van der Waals surface area contributed by atoms with Gasteiger partial charge in [0.1, 0.15) is 5.75 Å². The largest absolute Gasteiger partial charge is 0.454 e. The topological polar surface area (TPSA) is 85.8 Å². The first-order valence-corrected chi connectivity index (χ1v) is 10.8. The van der Waals surface area contributed by atoms with E-state index >= 15 is 0 Å². The summed E-state index contributed by atoms with van der Waals surface area (Å²) in [4.78, 5) is 23.4. The van der Waals surface area contributed by atoms with Crippen LogP contribution in [0.4, 0.5) is 11.6 Å². The van der Waals surface area contributed by atoms with E-state index in [9.17, 15) is 4.79 Å². The second-order valence-corrected chi connectivity index (χ2v) is 8.24. The van der Waals surface area contributed by atoms with Crippen molar-refractivity contribution in [1.82, 2.24) is 9.97 Å². The maximum atomic E-state index is 12.3. The highest BCUT2D eigenvalue weighted by Crippen LogP contribution is 2.32. The molecule has 2 aliphatic rings. The molecule has 1 aliphatic carbocycles. The van der Waals surface area contributed by atoms with E-state index in [1.807, 2.05) is 25.1 Å². The molecule has 166 valence electrons. The summed E-state index contributed by atoms with van der Waals surface area (Å²) >= 11 is 0. The minimum Gasteiger partial charge on any atom is -0.454 e. The first-order chi connectivity index (χ1) is 15.1. The first-order valence-electron chi connectivity index (χ1n) is 10.8. The van der Waals surface area contributed by atoms with Gasteiger partial charge in [0.2, 0.25) is 11.9 Å². The maximum absolute atomic E-state index is 12.3. The fourth-order valence-corrected chi connectivity index (χ4v) is 4.00. The zero-order valence-electron chi connectivity index (χ0n) is 18.3. The fourth-order valence-electron chi connectivity index (χ4n) is 4.00. The van der Waals surface area contributed by atoms with Crippen molar-refractivity contribution in [2.75, 3.05) is 37.5 Å². The molecule has 1 aliphatic heterocycles. The molecule has 2 aromatic rings. The van der Waals surface area contributed by atoms with Gasteiger partial charge >= 0.3 is 0 Å². The Morgan fingerprint density at radius 1 is 1.06 bits per heavy atom. The van der Waals surface area contributed by atoms with Crippen LogP contribution >= 0.6 is 0 Å². The molecule has 0 unspecified atom stereocenters. The molecule has 2 fully saturated rings. The van der Waals surface area contributed by atoms with Gasteiger partial charge in [0.15, 0.2) is 5.75 Å². The molecule has 1 aromatic carbocycles. The van der Waals surface area contributed by atoms with Crippen LogP contribution in [0.5, 0.6) is 11.5 Å². The third kappa shape index (κ3) is 5.14. The first kappa shape index (κ1) is 21.5. The molecular formula is C23H30N4O4. The molecule has 1 saturated heterocycles. The average molecular weight is 427 g/mol. The highest BCUT2D eigenvalue weighted by molar-refractivity contribution is 5.93. The Balaban J connectivity index is 1.32. The van der Waals surface area contributed by atoms with E-state index in [2.05, 4.69) is 20.2 Å². The molecule has 8 nitrogen and oxygen atoms in total. The van der Waals surface area contributed by atoms with Gasteiger partial charge in [0.05, 0.1) is 24.6 Å². The second-order valence-electron chi connectivity index (χ2n) is 8.24. The van der Waals surface area contributed by atoms with Crippen LogP contribution < -0.4 is 15.0 Å². The lowest BCUT2D eigenvalue weighted by Gasteiger charge is -2.32. The molecule has 2 heterocycles. The van der Waals surface area contributed by atoms with Crippen molar-refractivity contribution in [2.45, 2.75) is 44.8 Å². The maximum Gasteiger partial charge on any atom is 0.227 e. The Bertz CT molecular complexity index is 891. The number of carbonyl (C=O) groups is 1. The van der Waals surface area contributed by atoms with Gasteiger partial charge in [-0.25, -0.2) is 9.97 Å². The number of nitrogens with one attached hydrogen (secondary N) is 1. The van der Waals surface area contributed by atoms with E-state index in [0.29, 0.717) is 23.6 Å². The highest BCUT2D eigenvalue weighted by Gasteiger charge is 2.34. The van der Waals surface area contributed by atoms with Crippen LogP contribution in [0.25, 0.3) is 0 Å². The van der Waals surface area contributed by atoms with Crippen LogP contribution in [0.3, 0.4) is 0 Å². The van der Waals surface area contributed by atoms with Crippen LogP contribution in [0, 0.1) is 12.8 Å². The molecule has 31 heavy (non-hydrogen) atoms. The van der Waals surface area contributed by atoms with Gasteiger partial charge in [-0.15, -0.1) is 0 Å². The molecule has 1 N–H and O–H groups in total. The third-order valence-corrected chi connectivity index (χ3v) is 6.14. The molecule has 0 bridgehead atoms. The van der Waals surface area contributed by atoms with E-state index in [1.165, 1.54) is 0 Å². The molecule has 0 radical (unpaired) electrons. The summed E-state index contributed by atoms with van der Waals surface area (Å²) in [7, 11) is 3.45. The number of carbonyl (C=O) groups excluding carboxylic acids is 1. The van der Waals surface area contributed by atoms with Crippen LogP contribution in [-0.2, 0) is 14.3 Å². The normalized spacial score (nSPS) is 21.5. The number of benzene rings is 1. The Hall–Kier alpha value is -2.71. The summed E-state index contributed by atoms with van der Waals surface area (Å²) in [5.74, 6) is 2.06. The quantitative estimate of drug-likeness (QED) is 0.724. The highest BCUT2D eigenvalue weighted by atomic mass is 16.5. The van der Waals surface area contributed by atoms with E-state index < -0.39 is 0 Å². The monoisotopic (exact) mass is 426 g/mol. The summed E-state index contributed by atoms with van der Waals surface area (Å²) in [6, 6.07) is 5.61. The van der Waals surface area contributed by atoms with E-state index in [0.717, 1.165) is 50.0 Å². The van der Waals surface area contributed by atoms with Gasteiger partial charge in [-0.1, -0.05) is 0 Å². The summed E-state index contributed by atoms with van der Waals surface area (Å²) < 4.78 is 16.6. The smallest absolute Gasteiger partial charge is 0.227 e. The number of ether oxygens (including phenoxy) is 3. The van der Waals surface area contributed by atoms with Crippen molar-refractivity contribution in [3.63, 3.8) is 0 Å². The zero-order chi connectivity index (χ0) is 21.8. The van der Waals surface area contributed by atoms with Crippen LogP contribution in [0.1, 0.15) is 31.2 Å². The minimum atomic E-state index is 0.0251. The van der Waals surface area contributed by atoms with Crippen LogP contribution in [0.15, 0.2) is 30.6 Å². The van der Waals surface area contributed by atoms with Gasteiger partial charge in [0, 0.05) is 38.9 Å². The number of piperidine rings is 1. The van der Waals surface area contributed by atoms with E-state index in [4.69, 9.17) is 14.2 Å². The molecule has 8 heteroatoms. The van der Waals surface area contributed by atoms with Gasteiger partial charge in [-0.2, -0.15) is 0 Å². The van der Waals surface area contributed by atoms with Crippen molar-refractivity contribution in [3.05, 3.63) is 36.2 Å². The van der Waals surface area contributed by atoms with Crippen LogP contribution in [-0.4, -0.2) is 55.4 Å². The van der Waals surface area contributed by atoms with Crippen molar-refractivity contribution in [2.24, 2.45) is 5.92 Å². The molecule has 1 saturated carbocycles. The minimum absolute atomic E-state index is 0.0251. The lowest BCUT2D eigenvalue weighted by molar-refractivity contribution is -0.127. The zero-order valence-corrected chi connectivity index (χ0v) is 18.3. The molecule has 0 atom stereocenters. The fraction of sp³-hybridized carbons (Fsp3) is 0.522. The third-order valence-electron chi connectivity index (χ3n) is 6.14. The number of nitrogens with zero attached hydrogens (tertiary/aromatic N) is 3. The number of rotatable bonds is 7. The standard InChI is InChI=1S/C23H30N4O4/c1-15-10-17(26-22(28)16-11-19(12-16)30-3)4-5-21(15)31-20-13-24-23(25-14-20)27-8-6-18(29-2)7-9-27/h4-5,10,13-14,16,18-19H,6-9,11-12H2,1-3H3,(H,26,28). The molecular weight excluding hydrogens is 396 g/mol. The molecule has 4 rings (SSSR count). The molecule has 1 aromatic heterocycles. The van der Waals surface area contributed by atoms with Crippen molar-refractivity contribution in [3.8, 4) is 11.5 Å². The summed E-state index contributed by atoms with van der Waals surface area (Å²) in [6.45, 7) is 3.72. The molecule has 0 spiro atoms. The number of hydrogen-bond donors (Lipinski definition) is 1. The number of hydrogen-bond acceptors (Lipinski definition) is 7. The Morgan fingerprint density at radius 2 is 1.74 bits per heavy atom. The van der Waals surface area contributed by atoms with Crippen molar-refractivity contribution >= 4 is 17.5 Å². The lowest BCUT2D eigenvalue weighted by Crippen LogP contribution is -2.38. The predicted molar refractivity (Wildman–Crippen MR) is 118 cm³/mol. The van der Waals surface area contributed by atoms with Gasteiger partial charge < -0.3 is 24.4 Å². The second kappa shape index (κ2) is 9.62. The van der Waals surface area contributed by atoms with Gasteiger partial charge in [0.25, 0.3) is 0 Å². The van der Waals surface area contributed by atoms with Crippen molar-refractivity contribution in [1.29, 1.82) is 0 Å². The Kier molecular flexibility index (Phi) is 6.67. The number of amides is 1. The molecule has 1 amide bonds.